The second kappa shape index (κ2) is 5.08. The van der Waals surface area contributed by atoms with E-state index in [4.69, 9.17) is 0 Å². The Balaban J connectivity index is 2.52. The number of nitrogens with one attached hydrogen (secondary N) is 2. The minimum absolute atomic E-state index is 0.0976. The molecule has 1 aromatic rings. The highest BCUT2D eigenvalue weighted by Crippen LogP contribution is 1.98. The molecule has 2 amide bonds. The molecular formula is C8H13N5O2. The Bertz CT molecular complexity index is 360. The maximum absolute atomic E-state index is 11.2. The highest BCUT2D eigenvalue weighted by atomic mass is 16.2. The smallest absolute Gasteiger partial charge is 0.241 e. The zero-order valence-electron chi connectivity index (χ0n) is 8.65. The molecule has 1 rings (SSSR count). The van der Waals surface area contributed by atoms with E-state index in [0.29, 0.717) is 12.4 Å². The van der Waals surface area contributed by atoms with Crippen LogP contribution < -0.4 is 10.6 Å². The van der Waals surface area contributed by atoms with E-state index in [1.165, 1.54) is 17.8 Å². The zero-order chi connectivity index (χ0) is 11.3. The summed E-state index contributed by atoms with van der Waals surface area (Å²) < 4.78 is 1.36. The van der Waals surface area contributed by atoms with Crippen LogP contribution in [0.1, 0.15) is 13.8 Å². The average molecular weight is 211 g/mol. The summed E-state index contributed by atoms with van der Waals surface area (Å²) in [5.74, 6) is -0.0244. The fourth-order valence-electron chi connectivity index (χ4n) is 1.01. The van der Waals surface area contributed by atoms with Crippen molar-refractivity contribution in [2.45, 2.75) is 20.4 Å². The lowest BCUT2D eigenvalue weighted by Crippen LogP contribution is -2.27. The maximum atomic E-state index is 11.2. The second-order valence-corrected chi connectivity index (χ2v) is 2.94. The number of carbonyl (C=O) groups excluding carboxylic acids is 2. The fourth-order valence-corrected chi connectivity index (χ4v) is 1.01. The Labute approximate surface area is 86.8 Å². The van der Waals surface area contributed by atoms with Crippen molar-refractivity contribution < 1.29 is 9.59 Å². The Morgan fingerprint density at radius 3 is 2.87 bits per heavy atom. The summed E-state index contributed by atoms with van der Waals surface area (Å²) in [6, 6.07) is 0. The van der Waals surface area contributed by atoms with Crippen LogP contribution in [-0.4, -0.2) is 33.4 Å². The minimum atomic E-state index is -0.222. The zero-order valence-corrected chi connectivity index (χ0v) is 8.65. The van der Waals surface area contributed by atoms with E-state index in [1.54, 1.807) is 0 Å². The summed E-state index contributed by atoms with van der Waals surface area (Å²) in [6.07, 6.45) is 1.50. The third-order valence-corrected chi connectivity index (χ3v) is 1.52. The fraction of sp³-hybridized carbons (Fsp3) is 0.500. The van der Waals surface area contributed by atoms with Gasteiger partial charge < -0.3 is 10.6 Å². The van der Waals surface area contributed by atoms with E-state index in [-0.39, 0.29) is 18.4 Å². The average Bonchev–Trinajstić information content (AvgIpc) is 2.51. The summed E-state index contributed by atoms with van der Waals surface area (Å²) in [7, 11) is 0. The van der Waals surface area contributed by atoms with Crippen LogP contribution in [0.25, 0.3) is 0 Å². The summed E-state index contributed by atoms with van der Waals surface area (Å²) in [5, 5.41) is 12.4. The van der Waals surface area contributed by atoms with Gasteiger partial charge in [-0.05, 0) is 6.92 Å². The van der Waals surface area contributed by atoms with Crippen LogP contribution in [0.5, 0.6) is 0 Å². The van der Waals surface area contributed by atoms with Gasteiger partial charge in [0.15, 0.2) is 5.82 Å². The Hall–Kier alpha value is -1.92. The lowest BCUT2D eigenvalue weighted by atomic mass is 10.5. The van der Waals surface area contributed by atoms with Crippen LogP contribution in [0, 0.1) is 0 Å². The molecule has 0 fully saturated rings. The van der Waals surface area contributed by atoms with Gasteiger partial charge in [-0.3, -0.25) is 9.59 Å². The summed E-state index contributed by atoms with van der Waals surface area (Å²) >= 11 is 0. The molecule has 82 valence electrons. The van der Waals surface area contributed by atoms with Crippen molar-refractivity contribution in [3.05, 3.63) is 6.20 Å². The van der Waals surface area contributed by atoms with Gasteiger partial charge in [0.2, 0.25) is 11.8 Å². The number of anilines is 1. The molecule has 0 aliphatic carbocycles. The lowest BCUT2D eigenvalue weighted by Gasteiger charge is -2.00. The van der Waals surface area contributed by atoms with E-state index in [2.05, 4.69) is 20.9 Å². The number of amides is 2. The molecule has 15 heavy (non-hydrogen) atoms. The summed E-state index contributed by atoms with van der Waals surface area (Å²) in [4.78, 5) is 21.8. The largest absolute Gasteiger partial charge is 0.355 e. The highest BCUT2D eigenvalue weighted by Gasteiger charge is 2.05. The number of likely N-dealkylation sites (N-methyl/N-ethyl adjacent to an activating group) is 1. The predicted molar refractivity (Wildman–Crippen MR) is 53.0 cm³/mol. The van der Waals surface area contributed by atoms with Gasteiger partial charge in [-0.1, -0.05) is 5.21 Å². The number of rotatable bonds is 4. The first kappa shape index (κ1) is 11.2. The molecule has 0 aromatic carbocycles. The molecule has 0 spiro atoms. The molecule has 0 atom stereocenters. The Morgan fingerprint density at radius 1 is 1.53 bits per heavy atom. The molecule has 7 nitrogen and oxygen atoms in total. The van der Waals surface area contributed by atoms with Gasteiger partial charge in [-0.15, -0.1) is 5.10 Å². The summed E-state index contributed by atoms with van der Waals surface area (Å²) in [5.41, 5.74) is 0. The van der Waals surface area contributed by atoms with Crippen molar-refractivity contribution in [2.24, 2.45) is 0 Å². The van der Waals surface area contributed by atoms with Gasteiger partial charge in [0.1, 0.15) is 6.54 Å². The third kappa shape index (κ3) is 3.75. The Morgan fingerprint density at radius 2 is 2.27 bits per heavy atom. The van der Waals surface area contributed by atoms with Crippen LogP contribution in [-0.2, 0) is 16.1 Å². The maximum Gasteiger partial charge on any atom is 0.241 e. The number of hydrogen-bond donors (Lipinski definition) is 2. The van der Waals surface area contributed by atoms with Gasteiger partial charge >= 0.3 is 0 Å². The van der Waals surface area contributed by atoms with E-state index in [9.17, 15) is 9.59 Å². The number of aromatic nitrogens is 3. The van der Waals surface area contributed by atoms with Crippen molar-refractivity contribution in [3.8, 4) is 0 Å². The molecule has 0 bridgehead atoms. The first-order valence-electron chi connectivity index (χ1n) is 4.56. The molecule has 2 N–H and O–H groups in total. The van der Waals surface area contributed by atoms with Crippen LogP contribution in [0.4, 0.5) is 5.82 Å². The highest BCUT2D eigenvalue weighted by molar-refractivity contribution is 5.87. The van der Waals surface area contributed by atoms with Crippen molar-refractivity contribution >= 4 is 17.6 Å². The van der Waals surface area contributed by atoms with E-state index >= 15 is 0 Å². The van der Waals surface area contributed by atoms with Crippen LogP contribution >= 0.6 is 0 Å². The van der Waals surface area contributed by atoms with Crippen LogP contribution in [0.2, 0.25) is 0 Å². The molecule has 0 aliphatic heterocycles. The van der Waals surface area contributed by atoms with Crippen molar-refractivity contribution in [1.82, 2.24) is 20.3 Å². The SMILES string of the molecule is CCNC(=O)Cn1cc(NC(C)=O)nn1. The molecule has 1 aromatic heterocycles. The van der Waals surface area contributed by atoms with Crippen molar-refractivity contribution in [2.75, 3.05) is 11.9 Å². The van der Waals surface area contributed by atoms with Crippen molar-refractivity contribution in [3.63, 3.8) is 0 Å². The van der Waals surface area contributed by atoms with E-state index < -0.39 is 0 Å². The van der Waals surface area contributed by atoms with Gasteiger partial charge in [-0.2, -0.15) is 0 Å². The first-order valence-corrected chi connectivity index (χ1v) is 4.56. The Kier molecular flexibility index (Phi) is 3.78. The monoisotopic (exact) mass is 211 g/mol. The van der Waals surface area contributed by atoms with Crippen molar-refractivity contribution in [1.29, 1.82) is 0 Å². The van der Waals surface area contributed by atoms with Gasteiger partial charge in [0.05, 0.1) is 6.20 Å². The molecular weight excluding hydrogens is 198 g/mol. The van der Waals surface area contributed by atoms with E-state index in [1.807, 2.05) is 6.92 Å². The van der Waals surface area contributed by atoms with Gasteiger partial charge in [0, 0.05) is 13.5 Å². The quantitative estimate of drug-likeness (QED) is 0.694. The normalized spacial score (nSPS) is 9.73. The topological polar surface area (TPSA) is 88.9 Å². The molecule has 7 heteroatoms. The standard InChI is InChI=1S/C8H13N5O2/c1-3-9-8(15)5-13-4-7(11-12-13)10-6(2)14/h4H,3,5H2,1-2H3,(H,9,15)(H,10,14). The van der Waals surface area contributed by atoms with Gasteiger partial charge in [0.25, 0.3) is 0 Å². The molecule has 0 aliphatic rings. The van der Waals surface area contributed by atoms with Gasteiger partial charge in [-0.25, -0.2) is 4.68 Å². The molecule has 0 saturated carbocycles. The molecule has 0 radical (unpaired) electrons. The number of nitrogens with zero attached hydrogens (tertiary/aromatic N) is 3. The lowest BCUT2D eigenvalue weighted by molar-refractivity contribution is -0.121. The summed E-state index contributed by atoms with van der Waals surface area (Å²) in [6.45, 7) is 3.89. The predicted octanol–water partition coefficient (Wildman–Crippen LogP) is -0.627. The van der Waals surface area contributed by atoms with E-state index in [0.717, 1.165) is 0 Å². The second-order valence-electron chi connectivity index (χ2n) is 2.94. The molecule has 0 saturated heterocycles. The number of carbonyl (C=O) groups is 2. The number of hydrogen-bond acceptors (Lipinski definition) is 4. The third-order valence-electron chi connectivity index (χ3n) is 1.52. The molecule has 1 heterocycles. The first-order chi connectivity index (χ1) is 7.11. The van der Waals surface area contributed by atoms with Crippen LogP contribution in [0.15, 0.2) is 6.20 Å². The molecule has 0 unspecified atom stereocenters. The minimum Gasteiger partial charge on any atom is -0.355 e. The van der Waals surface area contributed by atoms with Crippen LogP contribution in [0.3, 0.4) is 0 Å².